The molecule has 1 aromatic rings. The predicted octanol–water partition coefficient (Wildman–Crippen LogP) is 2.65. The Kier molecular flexibility index (Phi) is 3.80. The summed E-state index contributed by atoms with van der Waals surface area (Å²) in [5, 5.41) is 2.87. The first-order valence-electron chi connectivity index (χ1n) is 8.11. The molecule has 5 nitrogen and oxygen atoms in total. The number of hydrogen-bond acceptors (Lipinski definition) is 3. The number of amides is 1. The molecule has 1 amide bonds. The zero-order valence-electron chi connectivity index (χ0n) is 14.1. The Bertz CT molecular complexity index is 768. The number of benzene rings is 1. The third-order valence-electron chi connectivity index (χ3n) is 5.05. The second-order valence-corrected chi connectivity index (χ2v) is 9.29. The number of carbonyl (C=O) groups is 1. The Morgan fingerprint density at radius 1 is 1.30 bits per heavy atom. The fourth-order valence-electron chi connectivity index (χ4n) is 3.47. The molecular formula is C17H24N2O3S. The number of fused-ring (bicyclic) bond motifs is 1. The summed E-state index contributed by atoms with van der Waals surface area (Å²) in [6.45, 7) is 8.72. The van der Waals surface area contributed by atoms with Crippen LogP contribution in [0.25, 0.3) is 0 Å². The van der Waals surface area contributed by atoms with Crippen molar-refractivity contribution in [3.8, 4) is 0 Å². The standard InChI is InChI=1S/C17H24N2O3S/c1-11-6-5-7-19(10-11)23(21,22)13-8-12(2)15-14(9-13)17(3,4)16(20)18-15/h8-9,11H,5-7,10H2,1-4H3,(H,18,20)/t11-/m0/s1. The van der Waals surface area contributed by atoms with Crippen LogP contribution in [0.4, 0.5) is 5.69 Å². The molecule has 0 bridgehead atoms. The van der Waals surface area contributed by atoms with Gasteiger partial charge in [-0.15, -0.1) is 0 Å². The molecule has 1 fully saturated rings. The normalized spacial score (nSPS) is 24.3. The van der Waals surface area contributed by atoms with Crippen molar-refractivity contribution in [1.82, 2.24) is 4.31 Å². The van der Waals surface area contributed by atoms with Gasteiger partial charge in [-0.3, -0.25) is 4.79 Å². The highest BCUT2D eigenvalue weighted by Crippen LogP contribution is 2.41. The van der Waals surface area contributed by atoms with Gasteiger partial charge in [0.05, 0.1) is 10.3 Å². The zero-order valence-corrected chi connectivity index (χ0v) is 15.0. The Balaban J connectivity index is 2.07. The van der Waals surface area contributed by atoms with Crippen molar-refractivity contribution in [1.29, 1.82) is 0 Å². The second kappa shape index (κ2) is 5.31. The molecule has 0 saturated carbocycles. The molecule has 0 unspecified atom stereocenters. The lowest BCUT2D eigenvalue weighted by Gasteiger charge is -2.30. The van der Waals surface area contributed by atoms with Gasteiger partial charge in [-0.2, -0.15) is 4.31 Å². The van der Waals surface area contributed by atoms with Gasteiger partial charge in [-0.05, 0) is 62.8 Å². The SMILES string of the molecule is Cc1cc(S(=O)(=O)N2CCC[C@H](C)C2)cc2c1NC(=O)C2(C)C. The average molecular weight is 336 g/mol. The van der Waals surface area contributed by atoms with Crippen LogP contribution in [0.5, 0.6) is 0 Å². The van der Waals surface area contributed by atoms with Crippen LogP contribution >= 0.6 is 0 Å². The molecule has 23 heavy (non-hydrogen) atoms. The lowest BCUT2D eigenvalue weighted by molar-refractivity contribution is -0.119. The third-order valence-corrected chi connectivity index (χ3v) is 6.89. The molecule has 1 atom stereocenters. The van der Waals surface area contributed by atoms with E-state index in [2.05, 4.69) is 12.2 Å². The van der Waals surface area contributed by atoms with Crippen LogP contribution in [0.2, 0.25) is 0 Å². The summed E-state index contributed by atoms with van der Waals surface area (Å²) in [6, 6.07) is 3.35. The smallest absolute Gasteiger partial charge is 0.243 e. The van der Waals surface area contributed by atoms with E-state index in [1.165, 1.54) is 0 Å². The highest BCUT2D eigenvalue weighted by atomic mass is 32.2. The Hall–Kier alpha value is -1.40. The van der Waals surface area contributed by atoms with E-state index in [4.69, 9.17) is 0 Å². The maximum atomic E-state index is 13.0. The van der Waals surface area contributed by atoms with E-state index >= 15 is 0 Å². The van der Waals surface area contributed by atoms with Crippen LogP contribution in [0, 0.1) is 12.8 Å². The summed E-state index contributed by atoms with van der Waals surface area (Å²) < 4.78 is 27.6. The van der Waals surface area contributed by atoms with E-state index in [1.54, 1.807) is 16.4 Å². The van der Waals surface area contributed by atoms with E-state index in [9.17, 15) is 13.2 Å². The molecular weight excluding hydrogens is 312 g/mol. The maximum Gasteiger partial charge on any atom is 0.243 e. The first-order chi connectivity index (χ1) is 10.6. The second-order valence-electron chi connectivity index (χ2n) is 7.35. The van der Waals surface area contributed by atoms with Gasteiger partial charge >= 0.3 is 0 Å². The van der Waals surface area contributed by atoms with Crippen LogP contribution in [0.3, 0.4) is 0 Å². The summed E-state index contributed by atoms with van der Waals surface area (Å²) in [6.07, 6.45) is 1.97. The van der Waals surface area contributed by atoms with Gasteiger partial charge in [-0.25, -0.2) is 8.42 Å². The molecule has 2 aliphatic rings. The number of carbonyl (C=O) groups excluding carboxylic acids is 1. The highest BCUT2D eigenvalue weighted by molar-refractivity contribution is 7.89. The van der Waals surface area contributed by atoms with E-state index in [1.807, 2.05) is 20.8 Å². The quantitative estimate of drug-likeness (QED) is 0.903. The number of anilines is 1. The molecule has 126 valence electrons. The summed E-state index contributed by atoms with van der Waals surface area (Å²) in [5.74, 6) is 0.297. The van der Waals surface area contributed by atoms with Crippen LogP contribution in [-0.4, -0.2) is 31.7 Å². The molecule has 3 rings (SSSR count). The van der Waals surface area contributed by atoms with E-state index < -0.39 is 15.4 Å². The van der Waals surface area contributed by atoms with E-state index in [0.29, 0.717) is 23.9 Å². The summed E-state index contributed by atoms with van der Waals surface area (Å²) in [7, 11) is -3.51. The molecule has 1 N–H and O–H groups in total. The molecule has 1 saturated heterocycles. The maximum absolute atomic E-state index is 13.0. The van der Waals surface area contributed by atoms with Gasteiger partial charge in [0, 0.05) is 18.8 Å². The van der Waals surface area contributed by atoms with Gasteiger partial charge in [0.1, 0.15) is 0 Å². The number of nitrogens with zero attached hydrogens (tertiary/aromatic N) is 1. The number of aryl methyl sites for hydroxylation is 1. The molecule has 0 radical (unpaired) electrons. The predicted molar refractivity (Wildman–Crippen MR) is 90.0 cm³/mol. The van der Waals surface area contributed by atoms with Crippen molar-refractivity contribution in [2.45, 2.75) is 50.8 Å². The monoisotopic (exact) mass is 336 g/mol. The molecule has 2 aliphatic heterocycles. The van der Waals surface area contributed by atoms with Gasteiger partial charge in [-0.1, -0.05) is 6.92 Å². The van der Waals surface area contributed by atoms with Crippen molar-refractivity contribution in [2.24, 2.45) is 5.92 Å². The molecule has 2 heterocycles. The Labute approximate surface area is 138 Å². The van der Waals surface area contributed by atoms with Crippen LogP contribution in [0.15, 0.2) is 17.0 Å². The fraction of sp³-hybridized carbons (Fsp3) is 0.588. The fourth-order valence-corrected chi connectivity index (χ4v) is 5.18. The molecule has 0 aromatic heterocycles. The van der Waals surface area contributed by atoms with E-state index in [-0.39, 0.29) is 5.91 Å². The molecule has 0 aliphatic carbocycles. The lowest BCUT2D eigenvalue weighted by Crippen LogP contribution is -2.39. The largest absolute Gasteiger partial charge is 0.325 e. The van der Waals surface area contributed by atoms with Crippen molar-refractivity contribution in [2.75, 3.05) is 18.4 Å². The van der Waals surface area contributed by atoms with Gasteiger partial charge in [0.25, 0.3) is 0 Å². The van der Waals surface area contributed by atoms with Crippen molar-refractivity contribution >= 4 is 21.6 Å². The topological polar surface area (TPSA) is 66.5 Å². The average Bonchev–Trinajstić information content (AvgIpc) is 2.70. The van der Waals surface area contributed by atoms with Crippen LogP contribution < -0.4 is 5.32 Å². The summed E-state index contributed by atoms with van der Waals surface area (Å²) in [4.78, 5) is 12.4. The van der Waals surface area contributed by atoms with Gasteiger partial charge in [0.15, 0.2) is 0 Å². The zero-order chi connectivity index (χ0) is 17.0. The van der Waals surface area contributed by atoms with Crippen molar-refractivity contribution in [3.63, 3.8) is 0 Å². The number of rotatable bonds is 2. The first kappa shape index (κ1) is 16.5. The van der Waals surface area contributed by atoms with Crippen molar-refractivity contribution < 1.29 is 13.2 Å². The van der Waals surface area contributed by atoms with Crippen molar-refractivity contribution in [3.05, 3.63) is 23.3 Å². The molecule has 0 spiro atoms. The number of nitrogens with one attached hydrogen (secondary N) is 1. The third kappa shape index (κ3) is 2.58. The van der Waals surface area contributed by atoms with Crippen LogP contribution in [0.1, 0.15) is 44.7 Å². The first-order valence-corrected chi connectivity index (χ1v) is 9.55. The minimum Gasteiger partial charge on any atom is -0.325 e. The van der Waals surface area contributed by atoms with Gasteiger partial charge in [0.2, 0.25) is 15.9 Å². The van der Waals surface area contributed by atoms with Crippen LogP contribution in [-0.2, 0) is 20.2 Å². The summed E-state index contributed by atoms with van der Waals surface area (Å²) in [5.41, 5.74) is 1.61. The number of piperidine rings is 1. The minimum absolute atomic E-state index is 0.0863. The Morgan fingerprint density at radius 2 is 2.00 bits per heavy atom. The number of hydrogen-bond donors (Lipinski definition) is 1. The van der Waals surface area contributed by atoms with Gasteiger partial charge < -0.3 is 5.32 Å². The Morgan fingerprint density at radius 3 is 2.65 bits per heavy atom. The summed E-state index contributed by atoms with van der Waals surface area (Å²) >= 11 is 0. The molecule has 6 heteroatoms. The lowest BCUT2D eigenvalue weighted by atomic mass is 9.85. The molecule has 1 aromatic carbocycles. The number of sulfonamides is 1. The minimum atomic E-state index is -3.51. The highest BCUT2D eigenvalue weighted by Gasteiger charge is 2.40. The van der Waals surface area contributed by atoms with E-state index in [0.717, 1.165) is 29.7 Å².